The molecule has 1 aromatic carbocycles. The van der Waals surface area contributed by atoms with Gasteiger partial charge in [-0.2, -0.15) is 10.5 Å². The van der Waals surface area contributed by atoms with Crippen LogP contribution >= 0.6 is 22.7 Å². The summed E-state index contributed by atoms with van der Waals surface area (Å²) in [6.07, 6.45) is 1.29. The SMILES string of the molecule is N#CC(C#N)=c1s/c(=C\c2ccc(F)cc2F)c(=O)n1Cc1cccs1. The Morgan fingerprint density at radius 2 is 2.00 bits per heavy atom. The van der Waals surface area contributed by atoms with Crippen LogP contribution in [-0.4, -0.2) is 4.57 Å². The number of halogens is 2. The number of thiazole rings is 1. The van der Waals surface area contributed by atoms with E-state index in [1.54, 1.807) is 12.1 Å². The maximum absolute atomic E-state index is 13.9. The summed E-state index contributed by atoms with van der Waals surface area (Å²) in [5.74, 6) is -1.51. The Morgan fingerprint density at radius 3 is 2.62 bits per heavy atom. The zero-order valence-corrected chi connectivity index (χ0v) is 14.7. The minimum atomic E-state index is -0.797. The number of rotatable bonds is 3. The average Bonchev–Trinajstić information content (AvgIpc) is 3.23. The second kappa shape index (κ2) is 7.44. The fourth-order valence-corrected chi connectivity index (χ4v) is 4.02. The molecule has 0 radical (unpaired) electrons. The lowest BCUT2D eigenvalue weighted by Gasteiger charge is -1.99. The molecule has 26 heavy (non-hydrogen) atoms. The average molecular weight is 385 g/mol. The van der Waals surface area contributed by atoms with Crippen molar-refractivity contribution in [2.45, 2.75) is 6.54 Å². The van der Waals surface area contributed by atoms with E-state index in [1.165, 1.54) is 28.0 Å². The van der Waals surface area contributed by atoms with Gasteiger partial charge in [0.15, 0.2) is 5.57 Å². The van der Waals surface area contributed by atoms with Crippen molar-refractivity contribution in [3.05, 3.63) is 77.3 Å². The highest BCUT2D eigenvalue weighted by atomic mass is 32.1. The predicted molar refractivity (Wildman–Crippen MR) is 95.8 cm³/mol. The van der Waals surface area contributed by atoms with E-state index >= 15 is 0 Å². The van der Waals surface area contributed by atoms with Gasteiger partial charge in [-0.3, -0.25) is 9.36 Å². The lowest BCUT2D eigenvalue weighted by molar-refractivity contribution is 0.581. The Hall–Kier alpha value is -3.07. The molecule has 8 heteroatoms. The molecule has 0 amide bonds. The zero-order valence-electron chi connectivity index (χ0n) is 13.1. The lowest BCUT2D eigenvalue weighted by Crippen LogP contribution is -2.32. The molecule has 0 unspecified atom stereocenters. The molecule has 3 rings (SSSR count). The standard InChI is InChI=1S/C18H9F2N3OS2/c19-13-4-3-11(15(20)7-13)6-16-17(24)23(10-14-2-1-5-25-14)18(26-16)12(8-21)9-22/h1-7H,10H2/b16-6-. The molecule has 3 aromatic rings. The summed E-state index contributed by atoms with van der Waals surface area (Å²) in [6.45, 7) is 0.203. The summed E-state index contributed by atoms with van der Waals surface area (Å²) < 4.78 is 28.6. The Kier molecular flexibility index (Phi) is 5.08. The summed E-state index contributed by atoms with van der Waals surface area (Å²) in [4.78, 5) is 13.6. The maximum atomic E-state index is 13.9. The van der Waals surface area contributed by atoms with E-state index in [1.807, 2.05) is 17.5 Å². The monoisotopic (exact) mass is 385 g/mol. The van der Waals surface area contributed by atoms with E-state index < -0.39 is 17.2 Å². The van der Waals surface area contributed by atoms with E-state index in [0.717, 1.165) is 28.3 Å². The van der Waals surface area contributed by atoms with E-state index in [2.05, 4.69) is 0 Å². The zero-order chi connectivity index (χ0) is 18.7. The van der Waals surface area contributed by atoms with Gasteiger partial charge in [0.25, 0.3) is 5.56 Å². The van der Waals surface area contributed by atoms with Crippen LogP contribution in [0, 0.1) is 34.3 Å². The molecule has 2 aromatic heterocycles. The van der Waals surface area contributed by atoms with Crippen LogP contribution in [-0.2, 0) is 6.54 Å². The number of thiophene rings is 1. The van der Waals surface area contributed by atoms with Crippen molar-refractivity contribution < 1.29 is 8.78 Å². The minimum absolute atomic E-state index is 0.0510. The van der Waals surface area contributed by atoms with Gasteiger partial charge in [0, 0.05) is 16.5 Å². The van der Waals surface area contributed by atoms with Gasteiger partial charge >= 0.3 is 0 Å². The largest absolute Gasteiger partial charge is 0.292 e. The second-order valence-corrected chi connectivity index (χ2v) is 7.21. The molecule has 0 aliphatic rings. The first-order chi connectivity index (χ1) is 12.5. The van der Waals surface area contributed by atoms with Crippen molar-refractivity contribution in [2.75, 3.05) is 0 Å². The van der Waals surface area contributed by atoms with Crippen molar-refractivity contribution in [1.29, 1.82) is 10.5 Å². The Morgan fingerprint density at radius 1 is 1.23 bits per heavy atom. The van der Waals surface area contributed by atoms with Gasteiger partial charge in [-0.25, -0.2) is 8.78 Å². The first kappa shape index (κ1) is 17.7. The molecule has 2 heterocycles. The molecule has 0 N–H and O–H groups in total. The van der Waals surface area contributed by atoms with Crippen molar-refractivity contribution in [3.63, 3.8) is 0 Å². The Balaban J connectivity index is 2.28. The van der Waals surface area contributed by atoms with Gasteiger partial charge in [-0.05, 0) is 29.7 Å². The number of hydrogen-bond donors (Lipinski definition) is 0. The molecular weight excluding hydrogens is 376 g/mol. The number of benzene rings is 1. The van der Waals surface area contributed by atoms with Crippen LogP contribution in [0.2, 0.25) is 0 Å². The maximum Gasteiger partial charge on any atom is 0.269 e. The second-order valence-electron chi connectivity index (χ2n) is 5.15. The van der Waals surface area contributed by atoms with Crippen LogP contribution in [0.15, 0.2) is 40.5 Å². The van der Waals surface area contributed by atoms with Crippen LogP contribution in [0.3, 0.4) is 0 Å². The van der Waals surface area contributed by atoms with Crippen molar-refractivity contribution >= 4 is 34.3 Å². The minimum Gasteiger partial charge on any atom is -0.292 e. The van der Waals surface area contributed by atoms with Gasteiger partial charge < -0.3 is 0 Å². The van der Waals surface area contributed by atoms with Crippen LogP contribution in [0.1, 0.15) is 10.4 Å². The highest BCUT2D eigenvalue weighted by Gasteiger charge is 2.11. The molecule has 0 aliphatic carbocycles. The fourth-order valence-electron chi connectivity index (χ4n) is 2.29. The van der Waals surface area contributed by atoms with Gasteiger partial charge in [-0.1, -0.05) is 6.07 Å². The summed E-state index contributed by atoms with van der Waals surface area (Å²) in [6, 6.07) is 10.3. The van der Waals surface area contributed by atoms with E-state index in [0.29, 0.717) is 0 Å². The third-order valence-electron chi connectivity index (χ3n) is 3.49. The van der Waals surface area contributed by atoms with Crippen LogP contribution < -0.4 is 14.8 Å². The number of nitrogens with zero attached hydrogens (tertiary/aromatic N) is 3. The smallest absolute Gasteiger partial charge is 0.269 e. The predicted octanol–water partition coefficient (Wildman–Crippen LogP) is 2.32. The number of nitriles is 2. The van der Waals surface area contributed by atoms with Crippen molar-refractivity contribution in [2.24, 2.45) is 0 Å². The highest BCUT2D eigenvalue weighted by molar-refractivity contribution is 7.10. The first-order valence-electron chi connectivity index (χ1n) is 7.27. The number of hydrogen-bond acceptors (Lipinski definition) is 5. The van der Waals surface area contributed by atoms with Gasteiger partial charge in [0.2, 0.25) is 0 Å². The van der Waals surface area contributed by atoms with Gasteiger partial charge in [-0.15, -0.1) is 22.7 Å². The van der Waals surface area contributed by atoms with Gasteiger partial charge in [0.05, 0.1) is 11.1 Å². The van der Waals surface area contributed by atoms with Gasteiger partial charge in [0.1, 0.15) is 28.4 Å². The summed E-state index contributed by atoms with van der Waals surface area (Å²) in [5, 5.41) is 20.2. The Labute approximate surface area is 154 Å². The first-order valence-corrected chi connectivity index (χ1v) is 8.96. The molecule has 128 valence electrons. The van der Waals surface area contributed by atoms with Crippen LogP contribution in [0.5, 0.6) is 0 Å². The third-order valence-corrected chi connectivity index (χ3v) is 5.48. The fraction of sp³-hybridized carbons (Fsp3) is 0.0556. The number of aromatic nitrogens is 1. The molecule has 0 fully saturated rings. The molecule has 0 aliphatic heterocycles. The van der Waals surface area contributed by atoms with Crippen LogP contribution in [0.25, 0.3) is 11.6 Å². The molecule has 0 bridgehead atoms. The summed E-state index contributed by atoms with van der Waals surface area (Å²) >= 11 is 2.37. The molecule has 0 atom stereocenters. The summed E-state index contributed by atoms with van der Waals surface area (Å²) in [7, 11) is 0. The molecule has 0 spiro atoms. The topological polar surface area (TPSA) is 69.6 Å². The quantitative estimate of drug-likeness (QED) is 0.695. The Bertz CT molecular complexity index is 1210. The van der Waals surface area contributed by atoms with E-state index in [9.17, 15) is 13.6 Å². The van der Waals surface area contributed by atoms with Crippen molar-refractivity contribution in [3.8, 4) is 12.1 Å². The molecule has 0 saturated carbocycles. The van der Waals surface area contributed by atoms with E-state index in [-0.39, 0.29) is 26.9 Å². The molecular formula is C18H9F2N3OS2. The molecule has 4 nitrogen and oxygen atoms in total. The normalized spacial score (nSPS) is 11.2. The summed E-state index contributed by atoms with van der Waals surface area (Å²) in [5.41, 5.74) is -0.581. The third kappa shape index (κ3) is 3.47. The van der Waals surface area contributed by atoms with Crippen molar-refractivity contribution in [1.82, 2.24) is 4.57 Å². The highest BCUT2D eigenvalue weighted by Crippen LogP contribution is 2.11. The molecule has 0 saturated heterocycles. The van der Waals surface area contributed by atoms with E-state index in [4.69, 9.17) is 10.5 Å². The van der Waals surface area contributed by atoms with Crippen LogP contribution in [0.4, 0.5) is 8.78 Å². The lowest BCUT2D eigenvalue weighted by atomic mass is 10.2.